The predicted octanol–water partition coefficient (Wildman–Crippen LogP) is 2.79. The molecule has 112 valence electrons. The highest BCUT2D eigenvalue weighted by Gasteiger charge is 2.19. The Labute approximate surface area is 125 Å². The van der Waals surface area contributed by atoms with Crippen LogP contribution in [0.5, 0.6) is 5.75 Å². The third-order valence-electron chi connectivity index (χ3n) is 2.96. The number of anilines is 1. The Balaban J connectivity index is 2.41. The SMILES string of the molecule is O=C(O)c1cc(O)cc(C(=O)/C=C/c2ccccc2)c1NO. The summed E-state index contributed by atoms with van der Waals surface area (Å²) in [7, 11) is 0. The van der Waals surface area contributed by atoms with Gasteiger partial charge < -0.3 is 10.2 Å². The van der Waals surface area contributed by atoms with Crippen LogP contribution in [0.25, 0.3) is 6.08 Å². The molecule has 4 N–H and O–H groups in total. The van der Waals surface area contributed by atoms with Gasteiger partial charge in [0.2, 0.25) is 0 Å². The van der Waals surface area contributed by atoms with Crippen molar-refractivity contribution in [2.24, 2.45) is 0 Å². The van der Waals surface area contributed by atoms with Crippen LogP contribution in [0.2, 0.25) is 0 Å². The lowest BCUT2D eigenvalue weighted by molar-refractivity contribution is 0.0696. The molecule has 0 fully saturated rings. The molecule has 0 unspecified atom stereocenters. The van der Waals surface area contributed by atoms with Gasteiger partial charge in [0.1, 0.15) is 5.75 Å². The van der Waals surface area contributed by atoms with Crippen molar-refractivity contribution >= 4 is 23.5 Å². The highest BCUT2D eigenvalue weighted by atomic mass is 16.5. The monoisotopic (exact) mass is 299 g/mol. The summed E-state index contributed by atoms with van der Waals surface area (Å²) in [6, 6.07) is 11.1. The van der Waals surface area contributed by atoms with Crippen LogP contribution in [0, 0.1) is 0 Å². The van der Waals surface area contributed by atoms with Crippen LogP contribution in [0.3, 0.4) is 0 Å². The fourth-order valence-corrected chi connectivity index (χ4v) is 1.94. The predicted molar refractivity (Wildman–Crippen MR) is 80.3 cm³/mol. The van der Waals surface area contributed by atoms with Crippen LogP contribution in [0.15, 0.2) is 48.5 Å². The lowest BCUT2D eigenvalue weighted by Crippen LogP contribution is -2.09. The number of carboxylic acid groups (broad SMARTS) is 1. The molecule has 6 heteroatoms. The Morgan fingerprint density at radius 2 is 1.68 bits per heavy atom. The van der Waals surface area contributed by atoms with Gasteiger partial charge in [-0.1, -0.05) is 36.4 Å². The Bertz CT molecular complexity index is 738. The second-order valence-corrected chi connectivity index (χ2v) is 4.44. The van der Waals surface area contributed by atoms with Crippen molar-refractivity contribution < 1.29 is 25.0 Å². The smallest absolute Gasteiger partial charge is 0.338 e. The van der Waals surface area contributed by atoms with E-state index in [2.05, 4.69) is 0 Å². The number of nitrogens with one attached hydrogen (secondary N) is 1. The molecular weight excluding hydrogens is 286 g/mol. The molecule has 6 nitrogen and oxygen atoms in total. The van der Waals surface area contributed by atoms with Gasteiger partial charge in [0.05, 0.1) is 16.8 Å². The van der Waals surface area contributed by atoms with Gasteiger partial charge in [-0.3, -0.25) is 15.5 Å². The third-order valence-corrected chi connectivity index (χ3v) is 2.96. The summed E-state index contributed by atoms with van der Waals surface area (Å²) >= 11 is 0. The van der Waals surface area contributed by atoms with Crippen molar-refractivity contribution in [1.29, 1.82) is 0 Å². The van der Waals surface area contributed by atoms with E-state index >= 15 is 0 Å². The van der Waals surface area contributed by atoms with Gasteiger partial charge in [-0.25, -0.2) is 4.79 Å². The molecule has 0 aliphatic rings. The molecule has 0 bridgehead atoms. The van der Waals surface area contributed by atoms with Crippen LogP contribution < -0.4 is 5.48 Å². The maximum absolute atomic E-state index is 12.2. The van der Waals surface area contributed by atoms with Crippen molar-refractivity contribution in [3.63, 3.8) is 0 Å². The van der Waals surface area contributed by atoms with Crippen molar-refractivity contribution in [3.8, 4) is 5.75 Å². The largest absolute Gasteiger partial charge is 0.508 e. The second-order valence-electron chi connectivity index (χ2n) is 4.44. The number of ketones is 1. The zero-order valence-corrected chi connectivity index (χ0v) is 11.4. The average molecular weight is 299 g/mol. The average Bonchev–Trinajstić information content (AvgIpc) is 2.52. The van der Waals surface area contributed by atoms with E-state index in [9.17, 15) is 14.7 Å². The summed E-state index contributed by atoms with van der Waals surface area (Å²) in [4.78, 5) is 23.3. The highest BCUT2D eigenvalue weighted by Crippen LogP contribution is 2.27. The van der Waals surface area contributed by atoms with Gasteiger partial charge in [0.15, 0.2) is 5.78 Å². The fraction of sp³-hybridized carbons (Fsp3) is 0. The number of carboxylic acids is 1. The molecule has 22 heavy (non-hydrogen) atoms. The summed E-state index contributed by atoms with van der Waals surface area (Å²) in [5.74, 6) is -2.32. The number of rotatable bonds is 5. The topological polar surface area (TPSA) is 107 Å². The quantitative estimate of drug-likeness (QED) is 0.293. The maximum Gasteiger partial charge on any atom is 0.338 e. The first-order chi connectivity index (χ1) is 10.5. The van der Waals surface area contributed by atoms with E-state index < -0.39 is 17.3 Å². The molecule has 0 saturated carbocycles. The van der Waals surface area contributed by atoms with E-state index in [-0.39, 0.29) is 17.0 Å². The van der Waals surface area contributed by atoms with Crippen molar-refractivity contribution in [2.45, 2.75) is 0 Å². The van der Waals surface area contributed by atoms with Crippen LogP contribution in [0.1, 0.15) is 26.3 Å². The molecule has 2 aromatic rings. The summed E-state index contributed by atoms with van der Waals surface area (Å²) in [6.07, 6.45) is 2.78. The minimum absolute atomic E-state index is 0.146. The van der Waals surface area contributed by atoms with Gasteiger partial charge in [0, 0.05) is 0 Å². The molecule has 0 radical (unpaired) electrons. The number of aromatic hydroxyl groups is 1. The number of aromatic carboxylic acids is 1. The Morgan fingerprint density at radius 3 is 2.27 bits per heavy atom. The van der Waals surface area contributed by atoms with Crippen LogP contribution in [-0.4, -0.2) is 27.2 Å². The molecule has 0 amide bonds. The molecule has 0 aliphatic carbocycles. The first-order valence-electron chi connectivity index (χ1n) is 6.31. The number of phenols is 1. The number of phenolic OH excluding ortho intramolecular Hbond substituents is 1. The van der Waals surface area contributed by atoms with Crippen LogP contribution in [-0.2, 0) is 0 Å². The molecule has 0 aromatic heterocycles. The molecule has 0 aliphatic heterocycles. The summed E-state index contributed by atoms with van der Waals surface area (Å²) in [6.45, 7) is 0. The summed E-state index contributed by atoms with van der Waals surface area (Å²) in [5.41, 5.74) is 1.67. The second kappa shape index (κ2) is 6.55. The molecule has 2 aromatic carbocycles. The molecule has 0 atom stereocenters. The van der Waals surface area contributed by atoms with E-state index in [1.165, 1.54) is 6.08 Å². The van der Waals surface area contributed by atoms with Gasteiger partial charge >= 0.3 is 5.97 Å². The van der Waals surface area contributed by atoms with Gasteiger partial charge in [-0.15, -0.1) is 0 Å². The third kappa shape index (κ3) is 3.31. The Morgan fingerprint density at radius 1 is 1.05 bits per heavy atom. The van der Waals surface area contributed by atoms with Crippen LogP contribution >= 0.6 is 0 Å². The lowest BCUT2D eigenvalue weighted by Gasteiger charge is -2.10. The first-order valence-corrected chi connectivity index (χ1v) is 6.31. The Kier molecular flexibility index (Phi) is 4.55. The zero-order valence-electron chi connectivity index (χ0n) is 11.4. The Hall–Kier alpha value is -3.12. The lowest BCUT2D eigenvalue weighted by atomic mass is 10.0. The molecule has 0 heterocycles. The van der Waals surface area contributed by atoms with Gasteiger partial charge in [0.25, 0.3) is 0 Å². The number of hydrogen-bond acceptors (Lipinski definition) is 5. The maximum atomic E-state index is 12.2. The summed E-state index contributed by atoms with van der Waals surface area (Å²) in [5, 5.41) is 27.7. The van der Waals surface area contributed by atoms with E-state index in [0.717, 1.165) is 17.7 Å². The first kappa shape index (κ1) is 15.3. The van der Waals surface area contributed by atoms with E-state index in [0.29, 0.717) is 0 Å². The molecular formula is C16H13NO5. The molecule has 0 spiro atoms. The standard InChI is InChI=1S/C16H13NO5/c18-11-8-12(15(17-22)13(9-11)16(20)21)14(19)7-6-10-4-2-1-3-5-10/h1-9,17-18,22H,(H,20,21)/b7-6+. The van der Waals surface area contributed by atoms with Gasteiger partial charge in [-0.2, -0.15) is 0 Å². The van der Waals surface area contributed by atoms with Crippen LogP contribution in [0.4, 0.5) is 5.69 Å². The highest BCUT2D eigenvalue weighted by molar-refractivity contribution is 6.13. The normalized spacial score (nSPS) is 10.6. The summed E-state index contributed by atoms with van der Waals surface area (Å²) < 4.78 is 0. The van der Waals surface area contributed by atoms with Crippen molar-refractivity contribution in [1.82, 2.24) is 0 Å². The van der Waals surface area contributed by atoms with E-state index in [1.807, 2.05) is 18.2 Å². The number of carbonyl (C=O) groups is 2. The van der Waals surface area contributed by atoms with Gasteiger partial charge in [-0.05, 0) is 23.8 Å². The number of benzene rings is 2. The van der Waals surface area contributed by atoms with Crippen molar-refractivity contribution in [3.05, 3.63) is 65.2 Å². The minimum Gasteiger partial charge on any atom is -0.508 e. The van der Waals surface area contributed by atoms with Crippen molar-refractivity contribution in [2.75, 3.05) is 5.48 Å². The van der Waals surface area contributed by atoms with E-state index in [4.69, 9.17) is 10.3 Å². The number of hydrogen-bond donors (Lipinski definition) is 4. The minimum atomic E-state index is -1.38. The fourth-order valence-electron chi connectivity index (χ4n) is 1.94. The molecule has 0 saturated heterocycles. The number of carbonyl (C=O) groups excluding carboxylic acids is 1. The van der Waals surface area contributed by atoms with E-state index in [1.54, 1.807) is 23.7 Å². The molecule has 2 rings (SSSR count). The zero-order chi connectivity index (χ0) is 16.1. The number of allylic oxidation sites excluding steroid dienone is 1.